The summed E-state index contributed by atoms with van der Waals surface area (Å²) in [6, 6.07) is 1.46. The van der Waals surface area contributed by atoms with Crippen molar-refractivity contribution in [3.63, 3.8) is 0 Å². The largest absolute Gasteiger partial charge is 0.389 e. The Morgan fingerprint density at radius 1 is 1.47 bits per heavy atom. The first-order valence-corrected chi connectivity index (χ1v) is 5.70. The second kappa shape index (κ2) is 5.53. The van der Waals surface area contributed by atoms with E-state index in [0.29, 0.717) is 13.0 Å². The van der Waals surface area contributed by atoms with E-state index in [-0.39, 0.29) is 12.5 Å². The van der Waals surface area contributed by atoms with Crippen molar-refractivity contribution in [3.8, 4) is 0 Å². The first-order valence-electron chi connectivity index (χ1n) is 5.70. The third-order valence-corrected chi connectivity index (χ3v) is 2.59. The zero-order valence-electron chi connectivity index (χ0n) is 10.1. The summed E-state index contributed by atoms with van der Waals surface area (Å²) in [5.74, 6) is 0. The average molecular weight is 249 g/mol. The van der Waals surface area contributed by atoms with Crippen LogP contribution in [0.25, 0.3) is 0 Å². The summed E-state index contributed by atoms with van der Waals surface area (Å²) in [5.41, 5.74) is 7.54. The predicted octanol–water partition coefficient (Wildman–Crippen LogP) is 2.94. The SMILES string of the molecule is CCn1nc(C)cc1C(N)CCCC(F)(F)F. The molecule has 0 fully saturated rings. The van der Waals surface area contributed by atoms with Gasteiger partial charge in [0.05, 0.1) is 11.4 Å². The fourth-order valence-corrected chi connectivity index (χ4v) is 1.79. The van der Waals surface area contributed by atoms with Crippen molar-refractivity contribution in [2.45, 2.75) is 51.9 Å². The van der Waals surface area contributed by atoms with Gasteiger partial charge >= 0.3 is 6.18 Å². The highest BCUT2D eigenvalue weighted by molar-refractivity contribution is 5.12. The second-order valence-electron chi connectivity index (χ2n) is 4.14. The number of rotatable bonds is 5. The Morgan fingerprint density at radius 2 is 2.12 bits per heavy atom. The van der Waals surface area contributed by atoms with Crippen LogP contribution in [0.2, 0.25) is 0 Å². The minimum Gasteiger partial charge on any atom is -0.323 e. The third-order valence-electron chi connectivity index (χ3n) is 2.59. The summed E-state index contributed by atoms with van der Waals surface area (Å²) in [6.07, 6.45) is -4.50. The molecule has 0 saturated heterocycles. The van der Waals surface area contributed by atoms with Crippen molar-refractivity contribution in [2.24, 2.45) is 5.73 Å². The molecule has 2 N–H and O–H groups in total. The molecule has 98 valence electrons. The Balaban J connectivity index is 2.54. The summed E-state index contributed by atoms with van der Waals surface area (Å²) in [4.78, 5) is 0. The van der Waals surface area contributed by atoms with Crippen molar-refractivity contribution in [1.29, 1.82) is 0 Å². The van der Waals surface area contributed by atoms with E-state index in [2.05, 4.69) is 5.10 Å². The highest BCUT2D eigenvalue weighted by Crippen LogP contribution is 2.25. The molecule has 1 unspecified atom stereocenters. The zero-order valence-corrected chi connectivity index (χ0v) is 10.1. The molecule has 0 saturated carbocycles. The van der Waals surface area contributed by atoms with Crippen LogP contribution in [0.5, 0.6) is 0 Å². The maximum Gasteiger partial charge on any atom is 0.389 e. The van der Waals surface area contributed by atoms with Gasteiger partial charge in [-0.3, -0.25) is 4.68 Å². The summed E-state index contributed by atoms with van der Waals surface area (Å²) in [5, 5.41) is 4.22. The first-order chi connectivity index (χ1) is 7.83. The van der Waals surface area contributed by atoms with Gasteiger partial charge in [-0.1, -0.05) is 0 Å². The zero-order chi connectivity index (χ0) is 13.1. The molecule has 1 aromatic heterocycles. The molecule has 1 rings (SSSR count). The van der Waals surface area contributed by atoms with Crippen molar-refractivity contribution in [3.05, 3.63) is 17.5 Å². The van der Waals surface area contributed by atoms with Gasteiger partial charge in [-0.25, -0.2) is 0 Å². The first kappa shape index (κ1) is 14.0. The van der Waals surface area contributed by atoms with E-state index in [1.807, 2.05) is 19.9 Å². The van der Waals surface area contributed by atoms with Crippen LogP contribution in [0.15, 0.2) is 6.07 Å². The van der Waals surface area contributed by atoms with Crippen LogP contribution in [0.3, 0.4) is 0 Å². The fraction of sp³-hybridized carbons (Fsp3) is 0.727. The number of nitrogens with zero attached hydrogens (tertiary/aromatic N) is 2. The van der Waals surface area contributed by atoms with Gasteiger partial charge in [-0.15, -0.1) is 0 Å². The minimum atomic E-state index is -4.10. The van der Waals surface area contributed by atoms with Gasteiger partial charge in [0, 0.05) is 19.0 Å². The smallest absolute Gasteiger partial charge is 0.323 e. The third kappa shape index (κ3) is 4.38. The summed E-state index contributed by atoms with van der Waals surface area (Å²) < 4.78 is 37.7. The number of nitrogens with two attached hydrogens (primary N) is 1. The summed E-state index contributed by atoms with van der Waals surface area (Å²) in [7, 11) is 0. The highest BCUT2D eigenvalue weighted by atomic mass is 19.4. The van der Waals surface area contributed by atoms with Crippen molar-refractivity contribution >= 4 is 0 Å². The summed E-state index contributed by atoms with van der Waals surface area (Å²) in [6.45, 7) is 4.45. The van der Waals surface area contributed by atoms with Crippen LogP contribution in [0.1, 0.15) is 43.6 Å². The van der Waals surface area contributed by atoms with Gasteiger partial charge in [0.1, 0.15) is 0 Å². The predicted molar refractivity (Wildman–Crippen MR) is 59.5 cm³/mol. The summed E-state index contributed by atoms with van der Waals surface area (Å²) >= 11 is 0. The van der Waals surface area contributed by atoms with Gasteiger partial charge in [-0.05, 0) is 32.8 Å². The Bertz CT molecular complexity index is 357. The number of halogens is 3. The normalized spacial score (nSPS) is 14.0. The minimum absolute atomic E-state index is 0.0542. The number of hydrogen-bond donors (Lipinski definition) is 1. The van der Waals surface area contributed by atoms with Gasteiger partial charge in [0.25, 0.3) is 0 Å². The van der Waals surface area contributed by atoms with E-state index in [4.69, 9.17) is 5.73 Å². The number of alkyl halides is 3. The lowest BCUT2D eigenvalue weighted by Crippen LogP contribution is -2.17. The molecule has 1 atom stereocenters. The molecule has 0 spiro atoms. The standard InChI is InChI=1S/C11H18F3N3/c1-3-17-10(7-8(2)16-17)9(15)5-4-6-11(12,13)14/h7,9H,3-6,15H2,1-2H3. The van der Waals surface area contributed by atoms with E-state index in [9.17, 15) is 13.2 Å². The molecule has 1 aromatic rings. The van der Waals surface area contributed by atoms with E-state index >= 15 is 0 Å². The molecule has 17 heavy (non-hydrogen) atoms. The van der Waals surface area contributed by atoms with E-state index in [0.717, 1.165) is 11.4 Å². The Hall–Kier alpha value is -1.04. The molecule has 0 aliphatic heterocycles. The lowest BCUT2D eigenvalue weighted by molar-refractivity contribution is -0.135. The topological polar surface area (TPSA) is 43.8 Å². The van der Waals surface area contributed by atoms with E-state index in [1.165, 1.54) is 0 Å². The van der Waals surface area contributed by atoms with Crippen LogP contribution < -0.4 is 5.73 Å². The quantitative estimate of drug-likeness (QED) is 0.871. The van der Waals surface area contributed by atoms with Crippen LogP contribution in [0, 0.1) is 6.92 Å². The molecule has 0 aliphatic rings. The van der Waals surface area contributed by atoms with E-state index < -0.39 is 12.6 Å². The maximum atomic E-state index is 12.0. The lowest BCUT2D eigenvalue weighted by Gasteiger charge is -2.13. The Morgan fingerprint density at radius 3 is 2.65 bits per heavy atom. The molecule has 6 heteroatoms. The highest BCUT2D eigenvalue weighted by Gasteiger charge is 2.26. The van der Waals surface area contributed by atoms with Crippen LogP contribution in [0.4, 0.5) is 13.2 Å². The van der Waals surface area contributed by atoms with Crippen LogP contribution in [-0.4, -0.2) is 16.0 Å². The van der Waals surface area contributed by atoms with Gasteiger partial charge < -0.3 is 5.73 Å². The molecule has 3 nitrogen and oxygen atoms in total. The van der Waals surface area contributed by atoms with Crippen LogP contribution in [-0.2, 0) is 6.54 Å². The van der Waals surface area contributed by atoms with Gasteiger partial charge in [0.15, 0.2) is 0 Å². The Labute approximate surface area is 98.8 Å². The fourth-order valence-electron chi connectivity index (χ4n) is 1.79. The van der Waals surface area contributed by atoms with Crippen molar-refractivity contribution < 1.29 is 13.2 Å². The molecule has 1 heterocycles. The molecule has 0 aliphatic carbocycles. The van der Waals surface area contributed by atoms with Gasteiger partial charge in [-0.2, -0.15) is 18.3 Å². The molecule has 0 amide bonds. The number of hydrogen-bond acceptors (Lipinski definition) is 2. The number of aromatic nitrogens is 2. The lowest BCUT2D eigenvalue weighted by atomic mass is 10.1. The molecule has 0 bridgehead atoms. The second-order valence-corrected chi connectivity index (χ2v) is 4.14. The van der Waals surface area contributed by atoms with Gasteiger partial charge in [0.2, 0.25) is 0 Å². The average Bonchev–Trinajstić information content (AvgIpc) is 2.57. The molecular formula is C11H18F3N3. The number of aryl methyl sites for hydroxylation is 2. The monoisotopic (exact) mass is 249 g/mol. The van der Waals surface area contributed by atoms with Crippen molar-refractivity contribution in [2.75, 3.05) is 0 Å². The maximum absolute atomic E-state index is 12.0. The van der Waals surface area contributed by atoms with Crippen LogP contribution >= 0.6 is 0 Å². The molecule has 0 radical (unpaired) electrons. The van der Waals surface area contributed by atoms with E-state index in [1.54, 1.807) is 4.68 Å². The Kier molecular flexibility index (Phi) is 4.56. The molecule has 0 aromatic carbocycles. The van der Waals surface area contributed by atoms with Crippen molar-refractivity contribution in [1.82, 2.24) is 9.78 Å². The molecular weight excluding hydrogens is 231 g/mol.